The summed E-state index contributed by atoms with van der Waals surface area (Å²) in [6.07, 6.45) is 6.57. The van der Waals surface area contributed by atoms with Crippen LogP contribution in [0.3, 0.4) is 0 Å². The molecule has 3 aliphatic rings. The Hall–Kier alpha value is -1.48. The third-order valence-corrected chi connectivity index (χ3v) is 7.25. The Kier molecular flexibility index (Phi) is 7.63. The molecule has 2 aliphatic heterocycles. The topological polar surface area (TPSA) is 76.3 Å². The van der Waals surface area contributed by atoms with Crippen LogP contribution in [0.5, 0.6) is 0 Å². The van der Waals surface area contributed by atoms with Crippen LogP contribution in [0, 0.1) is 5.92 Å². The lowest BCUT2D eigenvalue weighted by Crippen LogP contribution is -2.51. The van der Waals surface area contributed by atoms with E-state index in [0.717, 1.165) is 64.9 Å². The fourth-order valence-electron chi connectivity index (χ4n) is 5.00. The van der Waals surface area contributed by atoms with Gasteiger partial charge in [-0.05, 0) is 18.8 Å². The highest BCUT2D eigenvalue weighted by atomic mass is 16.3. The molecule has 1 atom stereocenters. The minimum atomic E-state index is -0.271. The molecular weight excluding hydrogens is 394 g/mol. The Labute approximate surface area is 186 Å². The molecule has 174 valence electrons. The van der Waals surface area contributed by atoms with E-state index >= 15 is 0 Å². The molecule has 0 unspecified atom stereocenters. The first-order chi connectivity index (χ1) is 15.0. The van der Waals surface area contributed by atoms with E-state index in [2.05, 4.69) is 33.5 Å². The number of amides is 1. The van der Waals surface area contributed by atoms with E-state index in [-0.39, 0.29) is 17.9 Å². The van der Waals surface area contributed by atoms with Gasteiger partial charge in [0.1, 0.15) is 6.26 Å². The predicted octanol–water partition coefficient (Wildman–Crippen LogP) is 1.51. The van der Waals surface area contributed by atoms with Crippen molar-refractivity contribution in [3.8, 4) is 0 Å². The third kappa shape index (κ3) is 5.86. The van der Waals surface area contributed by atoms with E-state index in [1.54, 1.807) is 0 Å². The minimum absolute atomic E-state index is 0.00596. The summed E-state index contributed by atoms with van der Waals surface area (Å²) >= 11 is 0. The molecule has 4 rings (SSSR count). The second kappa shape index (κ2) is 10.4. The lowest BCUT2D eigenvalue weighted by molar-refractivity contribution is 0.0463. The number of nitrogens with zero attached hydrogens (tertiary/aromatic N) is 5. The summed E-state index contributed by atoms with van der Waals surface area (Å²) in [6.45, 7) is 12.7. The van der Waals surface area contributed by atoms with Crippen LogP contribution in [0.15, 0.2) is 10.7 Å². The second-order valence-electron chi connectivity index (χ2n) is 9.78. The number of hydrogen-bond donors (Lipinski definition) is 1. The van der Waals surface area contributed by atoms with Crippen molar-refractivity contribution in [3.63, 3.8) is 0 Å². The molecule has 1 aliphatic carbocycles. The standard InChI is InChI=1S/C23H39N5O3/c1-18(2)21(29)15-25-7-9-26(10-8-25)16-22-24-20(17-31-22)23(30)28-13-11-27(12-14-28)19-5-3-4-6-19/h17-19,21,29H,3-16H2,1-2H3/t21-/m0/s1. The van der Waals surface area contributed by atoms with Gasteiger partial charge in [0.2, 0.25) is 5.89 Å². The molecule has 3 fully saturated rings. The zero-order valence-corrected chi connectivity index (χ0v) is 19.2. The van der Waals surface area contributed by atoms with Gasteiger partial charge in [0.05, 0.1) is 12.6 Å². The van der Waals surface area contributed by atoms with Crippen LogP contribution in [0.1, 0.15) is 55.9 Å². The van der Waals surface area contributed by atoms with E-state index in [9.17, 15) is 9.90 Å². The summed E-state index contributed by atoms with van der Waals surface area (Å²) < 4.78 is 5.64. The number of aliphatic hydroxyl groups is 1. The van der Waals surface area contributed by atoms with Gasteiger partial charge >= 0.3 is 0 Å². The Morgan fingerprint density at radius 1 is 1.06 bits per heavy atom. The summed E-state index contributed by atoms with van der Waals surface area (Å²) in [6, 6.07) is 0.727. The van der Waals surface area contributed by atoms with E-state index < -0.39 is 0 Å². The highest BCUT2D eigenvalue weighted by Gasteiger charge is 2.29. The Morgan fingerprint density at radius 3 is 2.35 bits per heavy atom. The van der Waals surface area contributed by atoms with Gasteiger partial charge in [0.25, 0.3) is 5.91 Å². The van der Waals surface area contributed by atoms with Crippen LogP contribution in [0.2, 0.25) is 0 Å². The molecule has 0 spiro atoms. The lowest BCUT2D eigenvalue weighted by Gasteiger charge is -2.37. The van der Waals surface area contributed by atoms with Crippen LogP contribution < -0.4 is 0 Å². The van der Waals surface area contributed by atoms with E-state index in [0.29, 0.717) is 18.1 Å². The largest absolute Gasteiger partial charge is 0.447 e. The van der Waals surface area contributed by atoms with Gasteiger partial charge < -0.3 is 14.4 Å². The first-order valence-corrected chi connectivity index (χ1v) is 12.1. The summed E-state index contributed by atoms with van der Waals surface area (Å²) in [4.78, 5) is 26.5. The first kappa shape index (κ1) is 22.7. The second-order valence-corrected chi connectivity index (χ2v) is 9.78. The molecule has 8 heteroatoms. The number of β-amino-alcohol motifs (C(OH)–C–C–N with tert-alkyl or cyclic N) is 1. The van der Waals surface area contributed by atoms with Crippen molar-refractivity contribution in [1.29, 1.82) is 0 Å². The molecule has 1 saturated carbocycles. The minimum Gasteiger partial charge on any atom is -0.447 e. The third-order valence-electron chi connectivity index (χ3n) is 7.25. The number of aromatic nitrogens is 1. The van der Waals surface area contributed by atoms with E-state index in [1.165, 1.54) is 31.9 Å². The predicted molar refractivity (Wildman–Crippen MR) is 119 cm³/mol. The summed E-state index contributed by atoms with van der Waals surface area (Å²) in [5.74, 6) is 0.893. The summed E-state index contributed by atoms with van der Waals surface area (Å²) in [5, 5.41) is 10.1. The van der Waals surface area contributed by atoms with Crippen LogP contribution in [-0.4, -0.2) is 107 Å². The smallest absolute Gasteiger partial charge is 0.275 e. The van der Waals surface area contributed by atoms with Crippen molar-refractivity contribution in [2.45, 2.75) is 58.2 Å². The van der Waals surface area contributed by atoms with Crippen LogP contribution in [-0.2, 0) is 6.54 Å². The van der Waals surface area contributed by atoms with Crippen LogP contribution in [0.4, 0.5) is 0 Å². The summed E-state index contributed by atoms with van der Waals surface area (Å²) in [5.41, 5.74) is 0.433. The fraction of sp³-hybridized carbons (Fsp3) is 0.826. The van der Waals surface area contributed by atoms with Gasteiger partial charge in [0, 0.05) is 64.9 Å². The zero-order chi connectivity index (χ0) is 21.8. The maximum atomic E-state index is 12.9. The molecule has 0 bridgehead atoms. The van der Waals surface area contributed by atoms with Gasteiger partial charge in [-0.3, -0.25) is 19.5 Å². The van der Waals surface area contributed by atoms with Gasteiger partial charge in [-0.15, -0.1) is 0 Å². The molecule has 0 radical (unpaired) electrons. The van der Waals surface area contributed by atoms with E-state index in [4.69, 9.17) is 4.42 Å². The van der Waals surface area contributed by atoms with Gasteiger partial charge in [0.15, 0.2) is 5.69 Å². The Morgan fingerprint density at radius 2 is 1.71 bits per heavy atom. The van der Waals surface area contributed by atoms with Gasteiger partial charge in [-0.2, -0.15) is 0 Å². The van der Waals surface area contributed by atoms with Crippen molar-refractivity contribution in [3.05, 3.63) is 17.8 Å². The van der Waals surface area contributed by atoms with E-state index in [1.807, 2.05) is 4.90 Å². The fourth-order valence-corrected chi connectivity index (χ4v) is 5.00. The average Bonchev–Trinajstić information content (AvgIpc) is 3.47. The van der Waals surface area contributed by atoms with Crippen molar-refractivity contribution in [2.75, 3.05) is 58.9 Å². The van der Waals surface area contributed by atoms with Crippen molar-refractivity contribution in [2.24, 2.45) is 5.92 Å². The SMILES string of the molecule is CC(C)[C@@H](O)CN1CCN(Cc2nc(C(=O)N3CCN(C4CCCC4)CC3)co2)CC1. The Balaban J connectivity index is 1.21. The summed E-state index contributed by atoms with van der Waals surface area (Å²) in [7, 11) is 0. The molecule has 8 nitrogen and oxygen atoms in total. The molecule has 3 heterocycles. The van der Waals surface area contributed by atoms with Gasteiger partial charge in [-0.25, -0.2) is 4.98 Å². The highest BCUT2D eigenvalue weighted by Crippen LogP contribution is 2.24. The zero-order valence-electron chi connectivity index (χ0n) is 19.2. The number of oxazole rings is 1. The molecule has 0 aromatic carbocycles. The molecule has 31 heavy (non-hydrogen) atoms. The monoisotopic (exact) mass is 433 g/mol. The van der Waals surface area contributed by atoms with Crippen molar-refractivity contribution < 1.29 is 14.3 Å². The number of carbonyl (C=O) groups excluding carboxylic acids is 1. The number of carbonyl (C=O) groups is 1. The Bertz CT molecular complexity index is 702. The molecular formula is C23H39N5O3. The van der Waals surface area contributed by atoms with Gasteiger partial charge in [-0.1, -0.05) is 26.7 Å². The lowest BCUT2D eigenvalue weighted by atomic mass is 10.1. The van der Waals surface area contributed by atoms with Crippen LogP contribution >= 0.6 is 0 Å². The van der Waals surface area contributed by atoms with Crippen LogP contribution in [0.25, 0.3) is 0 Å². The van der Waals surface area contributed by atoms with Crippen molar-refractivity contribution >= 4 is 5.91 Å². The number of aliphatic hydroxyl groups excluding tert-OH is 1. The maximum Gasteiger partial charge on any atom is 0.275 e. The van der Waals surface area contributed by atoms with Crippen molar-refractivity contribution in [1.82, 2.24) is 24.6 Å². The molecule has 1 aromatic heterocycles. The molecule has 1 aromatic rings. The maximum absolute atomic E-state index is 12.9. The normalized spacial score (nSPS) is 23.7. The average molecular weight is 434 g/mol. The first-order valence-electron chi connectivity index (χ1n) is 12.1. The quantitative estimate of drug-likeness (QED) is 0.698. The number of rotatable bonds is 7. The molecule has 2 saturated heterocycles. The molecule has 1 amide bonds. The molecule has 1 N–H and O–H groups in total. The number of hydrogen-bond acceptors (Lipinski definition) is 7. The highest BCUT2D eigenvalue weighted by molar-refractivity contribution is 5.92. The number of piperazine rings is 2.